The van der Waals surface area contributed by atoms with Crippen LogP contribution >= 0.6 is 7.82 Å². The van der Waals surface area contributed by atoms with Crippen molar-refractivity contribution in [2.24, 2.45) is 0 Å². The number of aliphatic hydroxyl groups excluding tert-OH is 7. The standard InChI is InChI=1S/C12H25O13P/c13-1-6(15)3-22-12-11(19)10(18)9(17)8(25-12)5-24-26(20,21)23-4-7(16)2-14/h6-19H,1-5H2,(H,20,21)/t6?,7?,8-,9-,10+,11-,12+/m1/s1. The predicted octanol–water partition coefficient (Wildman–Crippen LogP) is -4.35. The number of hydrogen-bond donors (Lipinski definition) is 8. The van der Waals surface area contributed by atoms with Gasteiger partial charge in [-0.05, 0) is 0 Å². The largest absolute Gasteiger partial charge is 0.472 e. The van der Waals surface area contributed by atoms with Crippen molar-refractivity contribution in [3.63, 3.8) is 0 Å². The highest BCUT2D eigenvalue weighted by atomic mass is 31.2. The Hall–Kier alpha value is -0.250. The van der Waals surface area contributed by atoms with Crippen molar-refractivity contribution < 1.29 is 63.7 Å². The van der Waals surface area contributed by atoms with Crippen LogP contribution in [0.2, 0.25) is 0 Å². The van der Waals surface area contributed by atoms with Crippen molar-refractivity contribution in [1.82, 2.24) is 0 Å². The van der Waals surface area contributed by atoms with Gasteiger partial charge in [0, 0.05) is 0 Å². The predicted molar refractivity (Wildman–Crippen MR) is 80.5 cm³/mol. The van der Waals surface area contributed by atoms with Crippen molar-refractivity contribution in [3.05, 3.63) is 0 Å². The molecule has 8 N–H and O–H groups in total. The van der Waals surface area contributed by atoms with Gasteiger partial charge < -0.3 is 50.1 Å². The van der Waals surface area contributed by atoms with Gasteiger partial charge in [-0.1, -0.05) is 0 Å². The average molecular weight is 408 g/mol. The maximum atomic E-state index is 11.6. The molecule has 0 amide bonds. The minimum absolute atomic E-state index is 0.449. The van der Waals surface area contributed by atoms with Gasteiger partial charge in [-0.2, -0.15) is 0 Å². The van der Waals surface area contributed by atoms with E-state index in [-0.39, 0.29) is 0 Å². The van der Waals surface area contributed by atoms with Crippen molar-refractivity contribution in [2.45, 2.75) is 42.9 Å². The number of phosphoric acid groups is 1. The van der Waals surface area contributed by atoms with E-state index in [1.54, 1.807) is 0 Å². The van der Waals surface area contributed by atoms with E-state index >= 15 is 0 Å². The zero-order chi connectivity index (χ0) is 19.9. The summed E-state index contributed by atoms with van der Waals surface area (Å²) in [5, 5.41) is 65.0. The molecular formula is C12H25O13P. The van der Waals surface area contributed by atoms with E-state index in [1.807, 2.05) is 0 Å². The first-order chi connectivity index (χ1) is 12.1. The minimum atomic E-state index is -4.66. The number of phosphoric ester groups is 1. The monoisotopic (exact) mass is 408 g/mol. The van der Waals surface area contributed by atoms with E-state index in [2.05, 4.69) is 9.05 Å². The quantitative estimate of drug-likeness (QED) is 0.152. The lowest BCUT2D eigenvalue weighted by Crippen LogP contribution is -2.59. The Balaban J connectivity index is 2.59. The van der Waals surface area contributed by atoms with Crippen molar-refractivity contribution in [2.75, 3.05) is 33.0 Å². The normalized spacial score (nSPS) is 34.2. The van der Waals surface area contributed by atoms with Crippen LogP contribution in [-0.2, 0) is 23.1 Å². The number of aliphatic hydroxyl groups is 7. The fourth-order valence-corrected chi connectivity index (χ4v) is 2.66. The molecule has 8 atom stereocenters. The minimum Gasteiger partial charge on any atom is -0.394 e. The first kappa shape index (κ1) is 23.8. The number of ether oxygens (including phenoxy) is 2. The Kier molecular flexibility index (Phi) is 9.99. The summed E-state index contributed by atoms with van der Waals surface area (Å²) in [5.41, 5.74) is 0. The average Bonchev–Trinajstić information content (AvgIpc) is 2.62. The Morgan fingerprint density at radius 1 is 0.923 bits per heavy atom. The van der Waals surface area contributed by atoms with E-state index < -0.39 is 83.8 Å². The number of rotatable bonds is 11. The third-order valence-corrected chi connectivity index (χ3v) is 4.33. The molecule has 1 fully saturated rings. The summed E-state index contributed by atoms with van der Waals surface area (Å²) in [7, 11) is -4.66. The van der Waals surface area contributed by atoms with E-state index in [9.17, 15) is 29.9 Å². The maximum absolute atomic E-state index is 11.6. The van der Waals surface area contributed by atoms with Gasteiger partial charge in [0.25, 0.3) is 0 Å². The van der Waals surface area contributed by atoms with Gasteiger partial charge in [0.15, 0.2) is 6.29 Å². The van der Waals surface area contributed by atoms with Crippen LogP contribution in [0.5, 0.6) is 0 Å². The van der Waals surface area contributed by atoms with Gasteiger partial charge in [-0.3, -0.25) is 9.05 Å². The lowest BCUT2D eigenvalue weighted by atomic mass is 9.99. The highest BCUT2D eigenvalue weighted by Crippen LogP contribution is 2.43. The molecule has 1 saturated heterocycles. The fourth-order valence-electron chi connectivity index (χ4n) is 1.89. The van der Waals surface area contributed by atoms with Crippen LogP contribution in [-0.4, -0.2) is 117 Å². The van der Waals surface area contributed by atoms with Crippen LogP contribution in [0, 0.1) is 0 Å². The fraction of sp³-hybridized carbons (Fsp3) is 1.00. The maximum Gasteiger partial charge on any atom is 0.472 e. The lowest BCUT2D eigenvalue weighted by molar-refractivity contribution is -0.304. The van der Waals surface area contributed by atoms with E-state index in [4.69, 9.17) is 24.8 Å². The van der Waals surface area contributed by atoms with E-state index in [0.717, 1.165) is 0 Å². The Labute approximate surface area is 148 Å². The smallest absolute Gasteiger partial charge is 0.394 e. The summed E-state index contributed by atoms with van der Waals surface area (Å²) in [6.45, 7) is -3.21. The summed E-state index contributed by atoms with van der Waals surface area (Å²) in [6.07, 6.45) is -10.7. The van der Waals surface area contributed by atoms with Crippen molar-refractivity contribution in [3.8, 4) is 0 Å². The highest BCUT2D eigenvalue weighted by Gasteiger charge is 2.45. The van der Waals surface area contributed by atoms with E-state index in [1.165, 1.54) is 0 Å². The first-order valence-corrected chi connectivity index (χ1v) is 9.11. The molecule has 13 nitrogen and oxygen atoms in total. The molecule has 0 aromatic carbocycles. The summed E-state index contributed by atoms with van der Waals surface area (Å²) >= 11 is 0. The molecule has 0 spiro atoms. The van der Waals surface area contributed by atoms with Gasteiger partial charge in [0.2, 0.25) is 0 Å². The topological polar surface area (TPSA) is 216 Å². The van der Waals surface area contributed by atoms with Crippen LogP contribution in [0.3, 0.4) is 0 Å². The summed E-state index contributed by atoms with van der Waals surface area (Å²) in [5.74, 6) is 0. The molecule has 1 heterocycles. The van der Waals surface area contributed by atoms with Crippen LogP contribution in [0.15, 0.2) is 0 Å². The van der Waals surface area contributed by atoms with E-state index in [0.29, 0.717) is 0 Å². The van der Waals surface area contributed by atoms with Crippen LogP contribution in [0.1, 0.15) is 0 Å². The highest BCUT2D eigenvalue weighted by molar-refractivity contribution is 7.47. The second-order valence-electron chi connectivity index (χ2n) is 5.58. The second kappa shape index (κ2) is 10.9. The third kappa shape index (κ3) is 7.40. The molecule has 14 heteroatoms. The lowest BCUT2D eigenvalue weighted by Gasteiger charge is -2.40. The zero-order valence-electron chi connectivity index (χ0n) is 13.6. The Bertz CT molecular complexity index is 451. The summed E-state index contributed by atoms with van der Waals surface area (Å²) in [4.78, 5) is 9.44. The molecular weight excluding hydrogens is 383 g/mol. The van der Waals surface area contributed by atoms with Gasteiger partial charge in [-0.25, -0.2) is 4.57 Å². The molecule has 1 aliphatic heterocycles. The Morgan fingerprint density at radius 2 is 1.50 bits per heavy atom. The van der Waals surface area contributed by atoms with Crippen LogP contribution < -0.4 is 0 Å². The first-order valence-electron chi connectivity index (χ1n) is 7.62. The molecule has 0 aromatic heterocycles. The van der Waals surface area contributed by atoms with Gasteiger partial charge >= 0.3 is 7.82 Å². The Morgan fingerprint density at radius 3 is 2.08 bits per heavy atom. The van der Waals surface area contributed by atoms with Crippen LogP contribution in [0.4, 0.5) is 0 Å². The summed E-state index contributed by atoms with van der Waals surface area (Å²) < 4.78 is 30.8. The molecule has 1 rings (SSSR count). The molecule has 0 radical (unpaired) electrons. The van der Waals surface area contributed by atoms with Crippen molar-refractivity contribution >= 4 is 7.82 Å². The molecule has 3 unspecified atom stereocenters. The molecule has 0 bridgehead atoms. The van der Waals surface area contributed by atoms with Crippen molar-refractivity contribution in [1.29, 1.82) is 0 Å². The third-order valence-electron chi connectivity index (χ3n) is 3.37. The molecule has 156 valence electrons. The van der Waals surface area contributed by atoms with Gasteiger partial charge in [0.05, 0.1) is 33.0 Å². The second-order valence-corrected chi connectivity index (χ2v) is 7.03. The molecule has 0 aliphatic carbocycles. The zero-order valence-corrected chi connectivity index (χ0v) is 14.5. The molecule has 0 aromatic rings. The van der Waals surface area contributed by atoms with Gasteiger partial charge in [-0.15, -0.1) is 0 Å². The summed E-state index contributed by atoms with van der Waals surface area (Å²) in [6, 6.07) is 0. The number of hydrogen-bond acceptors (Lipinski definition) is 12. The van der Waals surface area contributed by atoms with Gasteiger partial charge in [0.1, 0.15) is 36.6 Å². The molecule has 1 aliphatic rings. The molecule has 0 saturated carbocycles. The van der Waals surface area contributed by atoms with Crippen LogP contribution in [0.25, 0.3) is 0 Å². The molecule has 26 heavy (non-hydrogen) atoms. The SMILES string of the molecule is O=P(O)(OCC(O)CO)OC[C@H]1O[C@H](OCC(O)CO)[C@H](O)[C@@H](O)[C@@H]1O.